The molecule has 2 heterocycles. The number of benzene rings is 1. The van der Waals surface area contributed by atoms with Gasteiger partial charge in [0.25, 0.3) is 5.91 Å². The van der Waals surface area contributed by atoms with Crippen LogP contribution in [-0.2, 0) is 4.74 Å². The molecule has 0 radical (unpaired) electrons. The molecular weight excluding hydrogens is 342 g/mol. The molecule has 1 aliphatic heterocycles. The van der Waals surface area contributed by atoms with Crippen LogP contribution >= 0.6 is 11.6 Å². The first-order valence-corrected chi connectivity index (χ1v) is 8.55. The topological polar surface area (TPSA) is 63.7 Å². The standard InChI is InChI=1S/C18H20ClN3O3/c19-15-2-4-16(5-3-15)25-10-7-20-18(23)14-1-6-17(21-13-14)22-8-11-24-12-9-22/h1-6,13H,7-12H2,(H,20,23). The van der Waals surface area contributed by atoms with Gasteiger partial charge in [0.05, 0.1) is 25.3 Å². The number of morpholine rings is 1. The molecule has 2 aromatic rings. The summed E-state index contributed by atoms with van der Waals surface area (Å²) in [5.74, 6) is 1.42. The van der Waals surface area contributed by atoms with Crippen molar-refractivity contribution in [1.82, 2.24) is 10.3 Å². The van der Waals surface area contributed by atoms with Crippen molar-refractivity contribution in [3.63, 3.8) is 0 Å². The third kappa shape index (κ3) is 5.08. The molecule has 25 heavy (non-hydrogen) atoms. The van der Waals surface area contributed by atoms with Crippen molar-refractivity contribution in [2.75, 3.05) is 44.4 Å². The summed E-state index contributed by atoms with van der Waals surface area (Å²) in [5.41, 5.74) is 0.531. The zero-order chi connectivity index (χ0) is 17.5. The Hall–Kier alpha value is -2.31. The third-order valence-corrected chi connectivity index (χ3v) is 4.07. The van der Waals surface area contributed by atoms with Crippen LogP contribution in [0.1, 0.15) is 10.4 Å². The second-order valence-electron chi connectivity index (χ2n) is 5.56. The van der Waals surface area contributed by atoms with E-state index in [2.05, 4.69) is 15.2 Å². The zero-order valence-electron chi connectivity index (χ0n) is 13.8. The lowest BCUT2D eigenvalue weighted by molar-refractivity contribution is 0.0946. The van der Waals surface area contributed by atoms with Gasteiger partial charge in [0, 0.05) is 24.3 Å². The van der Waals surface area contributed by atoms with Gasteiger partial charge in [-0.05, 0) is 36.4 Å². The van der Waals surface area contributed by atoms with E-state index in [1.807, 2.05) is 6.07 Å². The number of amides is 1. The first kappa shape index (κ1) is 17.5. The molecule has 1 N–H and O–H groups in total. The van der Waals surface area contributed by atoms with Crippen molar-refractivity contribution in [2.45, 2.75) is 0 Å². The fourth-order valence-electron chi connectivity index (χ4n) is 2.47. The molecular formula is C18H20ClN3O3. The minimum Gasteiger partial charge on any atom is -0.492 e. The van der Waals surface area contributed by atoms with Crippen LogP contribution in [0.2, 0.25) is 5.02 Å². The van der Waals surface area contributed by atoms with Crippen molar-refractivity contribution >= 4 is 23.3 Å². The summed E-state index contributed by atoms with van der Waals surface area (Å²) in [6, 6.07) is 10.8. The lowest BCUT2D eigenvalue weighted by atomic mass is 10.2. The number of pyridine rings is 1. The van der Waals surface area contributed by atoms with Gasteiger partial charge in [-0.3, -0.25) is 4.79 Å². The Bertz CT molecular complexity index is 686. The molecule has 0 unspecified atom stereocenters. The number of nitrogens with zero attached hydrogens (tertiary/aromatic N) is 2. The molecule has 0 saturated carbocycles. The number of halogens is 1. The number of ether oxygens (including phenoxy) is 2. The van der Waals surface area contributed by atoms with Crippen LogP contribution in [0, 0.1) is 0 Å². The summed E-state index contributed by atoms with van der Waals surface area (Å²) in [6.45, 7) is 3.84. The van der Waals surface area contributed by atoms with Crippen molar-refractivity contribution in [3.8, 4) is 5.75 Å². The molecule has 0 aliphatic carbocycles. The number of aromatic nitrogens is 1. The smallest absolute Gasteiger partial charge is 0.252 e. The number of rotatable bonds is 6. The molecule has 1 aliphatic rings. The van der Waals surface area contributed by atoms with E-state index < -0.39 is 0 Å². The lowest BCUT2D eigenvalue weighted by Crippen LogP contribution is -2.36. The molecule has 1 saturated heterocycles. The Labute approximate surface area is 151 Å². The molecule has 1 amide bonds. The minimum absolute atomic E-state index is 0.166. The fourth-order valence-corrected chi connectivity index (χ4v) is 2.59. The maximum atomic E-state index is 12.1. The Balaban J connectivity index is 1.43. The van der Waals surface area contributed by atoms with E-state index in [1.54, 1.807) is 36.5 Å². The molecule has 3 rings (SSSR count). The summed E-state index contributed by atoms with van der Waals surface area (Å²) >= 11 is 5.82. The van der Waals surface area contributed by atoms with E-state index in [0.717, 1.165) is 24.7 Å². The highest BCUT2D eigenvalue weighted by Gasteiger charge is 2.13. The van der Waals surface area contributed by atoms with E-state index in [9.17, 15) is 4.79 Å². The van der Waals surface area contributed by atoms with Crippen molar-refractivity contribution in [3.05, 3.63) is 53.2 Å². The number of nitrogens with one attached hydrogen (secondary N) is 1. The molecule has 6 nitrogen and oxygen atoms in total. The highest BCUT2D eigenvalue weighted by atomic mass is 35.5. The number of carbonyl (C=O) groups excluding carboxylic acids is 1. The molecule has 0 spiro atoms. The lowest BCUT2D eigenvalue weighted by Gasteiger charge is -2.27. The highest BCUT2D eigenvalue weighted by Crippen LogP contribution is 2.15. The van der Waals surface area contributed by atoms with E-state index in [0.29, 0.717) is 37.0 Å². The van der Waals surface area contributed by atoms with Gasteiger partial charge in [-0.15, -0.1) is 0 Å². The molecule has 1 fully saturated rings. The number of carbonyl (C=O) groups is 1. The largest absolute Gasteiger partial charge is 0.492 e. The second kappa shape index (κ2) is 8.69. The van der Waals surface area contributed by atoms with Crippen LogP contribution in [0.3, 0.4) is 0 Å². The predicted molar refractivity (Wildman–Crippen MR) is 96.5 cm³/mol. The first-order chi connectivity index (χ1) is 12.2. The van der Waals surface area contributed by atoms with Gasteiger partial charge >= 0.3 is 0 Å². The maximum Gasteiger partial charge on any atom is 0.252 e. The Morgan fingerprint density at radius 2 is 1.96 bits per heavy atom. The molecule has 132 valence electrons. The van der Waals surface area contributed by atoms with E-state index in [4.69, 9.17) is 21.1 Å². The van der Waals surface area contributed by atoms with E-state index in [-0.39, 0.29) is 5.91 Å². The highest BCUT2D eigenvalue weighted by molar-refractivity contribution is 6.30. The van der Waals surface area contributed by atoms with Crippen LogP contribution in [0.25, 0.3) is 0 Å². The quantitative estimate of drug-likeness (QED) is 0.800. The predicted octanol–water partition coefficient (Wildman–Crippen LogP) is 2.38. The number of hydrogen-bond acceptors (Lipinski definition) is 5. The van der Waals surface area contributed by atoms with Crippen LogP contribution in [0.15, 0.2) is 42.6 Å². The van der Waals surface area contributed by atoms with Crippen molar-refractivity contribution in [2.24, 2.45) is 0 Å². The first-order valence-electron chi connectivity index (χ1n) is 8.18. The molecule has 1 aromatic heterocycles. The number of anilines is 1. The van der Waals surface area contributed by atoms with Gasteiger partial charge in [0.2, 0.25) is 0 Å². The minimum atomic E-state index is -0.166. The summed E-state index contributed by atoms with van der Waals surface area (Å²) in [6.07, 6.45) is 1.60. The SMILES string of the molecule is O=C(NCCOc1ccc(Cl)cc1)c1ccc(N2CCOCC2)nc1. The molecule has 0 bridgehead atoms. The van der Waals surface area contributed by atoms with Crippen molar-refractivity contribution in [1.29, 1.82) is 0 Å². The van der Waals surface area contributed by atoms with E-state index >= 15 is 0 Å². The Kier molecular flexibility index (Phi) is 6.09. The molecule has 7 heteroatoms. The summed E-state index contributed by atoms with van der Waals surface area (Å²) in [7, 11) is 0. The third-order valence-electron chi connectivity index (χ3n) is 3.82. The summed E-state index contributed by atoms with van der Waals surface area (Å²) in [4.78, 5) is 18.6. The molecule has 0 atom stereocenters. The number of hydrogen-bond donors (Lipinski definition) is 1. The fraction of sp³-hybridized carbons (Fsp3) is 0.333. The normalized spacial score (nSPS) is 14.2. The summed E-state index contributed by atoms with van der Waals surface area (Å²) in [5, 5.41) is 3.48. The average Bonchev–Trinajstić information content (AvgIpc) is 2.67. The van der Waals surface area contributed by atoms with Crippen LogP contribution in [-0.4, -0.2) is 50.3 Å². The van der Waals surface area contributed by atoms with Crippen LogP contribution in [0.5, 0.6) is 5.75 Å². The van der Waals surface area contributed by atoms with Gasteiger partial charge in [-0.25, -0.2) is 4.98 Å². The average molecular weight is 362 g/mol. The molecule has 1 aromatic carbocycles. The summed E-state index contributed by atoms with van der Waals surface area (Å²) < 4.78 is 10.9. The van der Waals surface area contributed by atoms with E-state index in [1.165, 1.54) is 0 Å². The maximum absolute atomic E-state index is 12.1. The van der Waals surface area contributed by atoms with Crippen LogP contribution in [0.4, 0.5) is 5.82 Å². The van der Waals surface area contributed by atoms with Gasteiger partial charge in [0.15, 0.2) is 0 Å². The Morgan fingerprint density at radius 3 is 2.64 bits per heavy atom. The van der Waals surface area contributed by atoms with Crippen molar-refractivity contribution < 1.29 is 14.3 Å². The van der Waals surface area contributed by atoms with Crippen LogP contribution < -0.4 is 15.0 Å². The Morgan fingerprint density at radius 1 is 1.20 bits per heavy atom. The van der Waals surface area contributed by atoms with Gasteiger partial charge in [-0.1, -0.05) is 11.6 Å². The monoisotopic (exact) mass is 361 g/mol. The van der Waals surface area contributed by atoms with Gasteiger partial charge < -0.3 is 19.7 Å². The second-order valence-corrected chi connectivity index (χ2v) is 6.00. The van der Waals surface area contributed by atoms with Gasteiger partial charge in [0.1, 0.15) is 18.2 Å². The van der Waals surface area contributed by atoms with Gasteiger partial charge in [-0.2, -0.15) is 0 Å². The zero-order valence-corrected chi connectivity index (χ0v) is 14.5.